The maximum atomic E-state index is 5.26. The van der Waals surface area contributed by atoms with Gasteiger partial charge in [0, 0.05) is 5.56 Å². The molecule has 3 rings (SSSR count). The summed E-state index contributed by atoms with van der Waals surface area (Å²) in [5, 5.41) is 7.27. The van der Waals surface area contributed by atoms with Gasteiger partial charge in [-0.05, 0) is 24.9 Å². The Labute approximate surface area is 112 Å². The van der Waals surface area contributed by atoms with Gasteiger partial charge in [-0.3, -0.25) is 0 Å². The number of halogens is 1. The van der Waals surface area contributed by atoms with Gasteiger partial charge < -0.3 is 9.84 Å². The molecule has 1 N–H and O–H groups in total. The largest absolute Gasteiger partial charge is 0.337 e. The van der Waals surface area contributed by atoms with Crippen LogP contribution in [0.3, 0.4) is 0 Å². The summed E-state index contributed by atoms with van der Waals surface area (Å²) in [6.45, 7) is 3.18. The second-order valence-corrected chi connectivity index (χ2v) is 4.30. The van der Waals surface area contributed by atoms with Crippen molar-refractivity contribution < 1.29 is 4.52 Å². The van der Waals surface area contributed by atoms with E-state index in [1.165, 1.54) is 5.56 Å². The van der Waals surface area contributed by atoms with Gasteiger partial charge in [0.15, 0.2) is 0 Å². The van der Waals surface area contributed by atoms with Crippen LogP contribution in [-0.4, -0.2) is 16.7 Å². The summed E-state index contributed by atoms with van der Waals surface area (Å²) in [4.78, 5) is 4.42. The summed E-state index contributed by atoms with van der Waals surface area (Å²) in [5.74, 6) is 1.38. The second kappa shape index (κ2) is 5.50. The van der Waals surface area contributed by atoms with E-state index in [0.29, 0.717) is 11.7 Å². The smallest absolute Gasteiger partial charge is 0.244 e. The number of hydrogen-bond acceptors (Lipinski definition) is 4. The van der Waals surface area contributed by atoms with E-state index in [1.807, 2.05) is 12.1 Å². The Bertz CT molecular complexity index is 505. The van der Waals surface area contributed by atoms with Crippen LogP contribution in [0.25, 0.3) is 11.4 Å². The summed E-state index contributed by atoms with van der Waals surface area (Å²) in [6.07, 6.45) is 2.13. The van der Waals surface area contributed by atoms with Crippen LogP contribution in [0.1, 0.15) is 30.8 Å². The molecular weight excluding hydrogens is 250 g/mol. The molecule has 2 aromatic rings. The first-order valence-electron chi connectivity index (χ1n) is 6.03. The number of aryl methyl sites for hydroxylation is 1. The Balaban J connectivity index is 0.00000120. The average molecular weight is 266 g/mol. The van der Waals surface area contributed by atoms with Gasteiger partial charge in [0.25, 0.3) is 0 Å². The zero-order valence-corrected chi connectivity index (χ0v) is 11.0. The van der Waals surface area contributed by atoms with Gasteiger partial charge in [-0.25, -0.2) is 0 Å². The Kier molecular flexibility index (Phi) is 3.99. The lowest BCUT2D eigenvalue weighted by Gasteiger charge is -2.23. The predicted octanol–water partition coefficient (Wildman–Crippen LogP) is 2.76. The Hall–Kier alpha value is -1.39. The van der Waals surface area contributed by atoms with Crippen LogP contribution in [0.5, 0.6) is 0 Å². The number of rotatable bonds is 3. The topological polar surface area (TPSA) is 51.0 Å². The molecular formula is C13H16ClN3O. The molecule has 4 nitrogen and oxygen atoms in total. The van der Waals surface area contributed by atoms with Crippen molar-refractivity contribution in [3.63, 3.8) is 0 Å². The maximum Gasteiger partial charge on any atom is 0.244 e. The summed E-state index contributed by atoms with van der Waals surface area (Å²) in [7, 11) is 0. The molecule has 0 aliphatic carbocycles. The van der Waals surface area contributed by atoms with Crippen LogP contribution in [0.2, 0.25) is 0 Å². The lowest BCUT2D eigenvalue weighted by molar-refractivity contribution is 0.273. The van der Waals surface area contributed by atoms with Gasteiger partial charge in [0.2, 0.25) is 11.7 Å². The Morgan fingerprint density at radius 3 is 2.61 bits per heavy atom. The van der Waals surface area contributed by atoms with Crippen molar-refractivity contribution in [3.05, 3.63) is 35.7 Å². The van der Waals surface area contributed by atoms with Crippen LogP contribution < -0.4 is 5.32 Å². The minimum Gasteiger partial charge on any atom is -0.337 e. The third-order valence-corrected chi connectivity index (χ3v) is 3.18. The Morgan fingerprint density at radius 1 is 1.33 bits per heavy atom. The molecule has 5 heteroatoms. The molecule has 96 valence electrons. The third kappa shape index (κ3) is 2.40. The van der Waals surface area contributed by atoms with Crippen molar-refractivity contribution in [2.45, 2.75) is 25.8 Å². The van der Waals surface area contributed by atoms with Crippen molar-refractivity contribution in [1.82, 2.24) is 15.5 Å². The fraction of sp³-hybridized carbons (Fsp3) is 0.385. The SMILES string of the molecule is CCc1ccc(-c2noc([C@H]3CCN3)n2)cc1.Cl. The number of nitrogens with one attached hydrogen (secondary N) is 1. The van der Waals surface area contributed by atoms with E-state index in [9.17, 15) is 0 Å². The molecule has 1 aliphatic heterocycles. The van der Waals surface area contributed by atoms with Crippen LogP contribution in [0, 0.1) is 0 Å². The van der Waals surface area contributed by atoms with Crippen LogP contribution in [0.4, 0.5) is 0 Å². The minimum absolute atomic E-state index is 0. The van der Waals surface area contributed by atoms with Gasteiger partial charge in [-0.15, -0.1) is 12.4 Å². The van der Waals surface area contributed by atoms with Gasteiger partial charge in [-0.1, -0.05) is 36.3 Å². The standard InChI is InChI=1S/C13H15N3O.ClH/c1-2-9-3-5-10(6-4-9)12-15-13(17-16-12)11-7-8-14-11;/h3-6,11,14H,2,7-8H2,1H3;1H/t11-;/m1./s1. The molecule has 1 aromatic heterocycles. The van der Waals surface area contributed by atoms with Crippen LogP contribution in [0.15, 0.2) is 28.8 Å². The van der Waals surface area contributed by atoms with Crippen LogP contribution in [-0.2, 0) is 6.42 Å². The second-order valence-electron chi connectivity index (χ2n) is 4.30. The fourth-order valence-corrected chi connectivity index (χ4v) is 1.88. The van der Waals surface area contributed by atoms with Crippen molar-refractivity contribution in [1.29, 1.82) is 0 Å². The molecule has 0 bridgehead atoms. The van der Waals surface area contributed by atoms with E-state index in [0.717, 1.165) is 24.9 Å². The van der Waals surface area contributed by atoms with E-state index < -0.39 is 0 Å². The number of hydrogen-bond donors (Lipinski definition) is 1. The first-order chi connectivity index (χ1) is 8.36. The average Bonchev–Trinajstić information content (AvgIpc) is 2.76. The minimum atomic E-state index is 0. The summed E-state index contributed by atoms with van der Waals surface area (Å²) in [5.41, 5.74) is 2.33. The molecule has 1 atom stereocenters. The molecule has 0 radical (unpaired) electrons. The Morgan fingerprint density at radius 2 is 2.06 bits per heavy atom. The first-order valence-corrected chi connectivity index (χ1v) is 6.03. The first kappa shape index (κ1) is 13.1. The van der Waals surface area contributed by atoms with Gasteiger partial charge in [-0.2, -0.15) is 4.98 Å². The highest BCUT2D eigenvalue weighted by molar-refractivity contribution is 5.85. The summed E-state index contributed by atoms with van der Waals surface area (Å²) in [6, 6.07) is 8.55. The molecule has 1 fully saturated rings. The predicted molar refractivity (Wildman–Crippen MR) is 71.7 cm³/mol. The van der Waals surface area contributed by atoms with E-state index in [-0.39, 0.29) is 18.4 Å². The zero-order valence-electron chi connectivity index (χ0n) is 10.2. The van der Waals surface area contributed by atoms with E-state index in [1.54, 1.807) is 0 Å². The summed E-state index contributed by atoms with van der Waals surface area (Å²) < 4.78 is 5.26. The maximum absolute atomic E-state index is 5.26. The van der Waals surface area contributed by atoms with Crippen molar-refractivity contribution >= 4 is 12.4 Å². The normalized spacial score (nSPS) is 17.9. The van der Waals surface area contributed by atoms with E-state index >= 15 is 0 Å². The lowest BCUT2D eigenvalue weighted by atomic mass is 10.1. The lowest BCUT2D eigenvalue weighted by Crippen LogP contribution is -2.35. The third-order valence-electron chi connectivity index (χ3n) is 3.18. The van der Waals surface area contributed by atoms with Crippen molar-refractivity contribution in [3.8, 4) is 11.4 Å². The zero-order chi connectivity index (χ0) is 11.7. The molecule has 18 heavy (non-hydrogen) atoms. The highest BCUT2D eigenvalue weighted by Gasteiger charge is 2.24. The van der Waals surface area contributed by atoms with E-state index in [2.05, 4.69) is 34.5 Å². The van der Waals surface area contributed by atoms with Gasteiger partial charge in [0.1, 0.15) is 0 Å². The molecule has 0 unspecified atom stereocenters. The highest BCUT2D eigenvalue weighted by Crippen LogP contribution is 2.24. The van der Waals surface area contributed by atoms with E-state index in [4.69, 9.17) is 4.52 Å². The number of aromatic nitrogens is 2. The molecule has 1 saturated heterocycles. The van der Waals surface area contributed by atoms with Crippen molar-refractivity contribution in [2.24, 2.45) is 0 Å². The number of nitrogens with zero attached hydrogens (tertiary/aromatic N) is 2. The van der Waals surface area contributed by atoms with Gasteiger partial charge in [0.05, 0.1) is 6.04 Å². The molecule has 1 aromatic carbocycles. The molecule has 2 heterocycles. The molecule has 0 amide bonds. The summed E-state index contributed by atoms with van der Waals surface area (Å²) >= 11 is 0. The van der Waals surface area contributed by atoms with Crippen molar-refractivity contribution in [2.75, 3.05) is 6.54 Å². The number of benzene rings is 1. The fourth-order valence-electron chi connectivity index (χ4n) is 1.88. The quantitative estimate of drug-likeness (QED) is 0.927. The monoisotopic (exact) mass is 265 g/mol. The molecule has 0 spiro atoms. The van der Waals surface area contributed by atoms with Gasteiger partial charge >= 0.3 is 0 Å². The molecule has 0 saturated carbocycles. The highest BCUT2D eigenvalue weighted by atomic mass is 35.5. The van der Waals surface area contributed by atoms with Crippen LogP contribution >= 0.6 is 12.4 Å². The molecule has 1 aliphatic rings.